The lowest BCUT2D eigenvalue weighted by Gasteiger charge is -2.31. The number of aryl methyl sites for hydroxylation is 1. The van der Waals surface area contributed by atoms with Crippen molar-refractivity contribution in [2.24, 2.45) is 4.99 Å². The van der Waals surface area contributed by atoms with Crippen LogP contribution in [0.2, 0.25) is 0 Å². The summed E-state index contributed by atoms with van der Waals surface area (Å²) in [5.74, 6) is 1.13. The minimum absolute atomic E-state index is 0.000481. The Balaban J connectivity index is 1.24. The Kier molecular flexibility index (Phi) is 6.27. The number of pyridine rings is 1. The molecule has 192 valence electrons. The maximum absolute atomic E-state index is 15.0. The Morgan fingerprint density at radius 3 is 2.54 bits per heavy atom. The average Bonchev–Trinajstić information content (AvgIpc) is 3.52. The number of hydrogen-bond donors (Lipinski definition) is 1. The summed E-state index contributed by atoms with van der Waals surface area (Å²) in [7, 11) is 0. The van der Waals surface area contributed by atoms with Crippen molar-refractivity contribution in [3.63, 3.8) is 0 Å². The number of halogens is 1. The number of fused-ring (bicyclic) bond motifs is 2. The first-order valence-electron chi connectivity index (χ1n) is 13.7. The highest BCUT2D eigenvalue weighted by Crippen LogP contribution is 2.52. The number of nitrogens with zero attached hydrogens (tertiary/aromatic N) is 5. The van der Waals surface area contributed by atoms with E-state index in [4.69, 9.17) is 4.99 Å². The fraction of sp³-hybridized carbons (Fsp3) is 0.467. The molecule has 1 aliphatic carbocycles. The quantitative estimate of drug-likeness (QED) is 0.417. The molecular weight excluding hydrogens is 463 g/mol. The fourth-order valence-corrected chi connectivity index (χ4v) is 6.56. The molecule has 1 saturated heterocycles. The van der Waals surface area contributed by atoms with Crippen molar-refractivity contribution in [3.05, 3.63) is 59.2 Å². The van der Waals surface area contributed by atoms with E-state index >= 15 is 4.39 Å². The Morgan fingerprint density at radius 2 is 1.84 bits per heavy atom. The molecule has 6 rings (SSSR count). The summed E-state index contributed by atoms with van der Waals surface area (Å²) in [6.45, 7) is 9.82. The van der Waals surface area contributed by atoms with Gasteiger partial charge in [0, 0.05) is 22.9 Å². The maximum atomic E-state index is 15.0. The van der Waals surface area contributed by atoms with Crippen LogP contribution >= 0.6 is 0 Å². The Bertz CT molecular complexity index is 1330. The van der Waals surface area contributed by atoms with Gasteiger partial charge in [-0.1, -0.05) is 25.8 Å². The van der Waals surface area contributed by atoms with Crippen LogP contribution in [-0.2, 0) is 5.41 Å². The molecular formula is C30H35FN6. The number of anilines is 2. The van der Waals surface area contributed by atoms with Crippen molar-refractivity contribution in [3.8, 4) is 11.3 Å². The van der Waals surface area contributed by atoms with Gasteiger partial charge in [0.2, 0.25) is 5.95 Å². The number of rotatable bonds is 5. The normalized spacial score (nSPS) is 19.3. The van der Waals surface area contributed by atoms with E-state index in [9.17, 15) is 0 Å². The molecule has 4 heterocycles. The average molecular weight is 499 g/mol. The fourth-order valence-electron chi connectivity index (χ4n) is 6.56. The molecule has 2 fully saturated rings. The standard InChI is InChI=1S/C30H35FN6/c1-4-37-13-9-21(10-14-37)22-7-8-26(32-17-22)35-29-33-18-25(31)28(36-29)23-15-19(2)27-24(16-23)30(20(3)34-27)11-5-6-12-30/h7-8,15-18,21H,4-6,9-14H2,1-3H3,(H,32,33,35,36). The molecule has 3 aliphatic rings. The lowest BCUT2D eigenvalue weighted by Crippen LogP contribution is -2.32. The molecule has 2 aliphatic heterocycles. The zero-order valence-electron chi connectivity index (χ0n) is 22.0. The van der Waals surface area contributed by atoms with Crippen LogP contribution in [0.15, 0.2) is 41.7 Å². The van der Waals surface area contributed by atoms with Crippen LogP contribution in [0, 0.1) is 12.7 Å². The summed E-state index contributed by atoms with van der Waals surface area (Å²) in [6.07, 6.45) is 10.2. The number of piperidine rings is 1. The molecule has 0 unspecified atom stereocenters. The van der Waals surface area contributed by atoms with Gasteiger partial charge in [0.05, 0.1) is 11.9 Å². The van der Waals surface area contributed by atoms with Gasteiger partial charge in [0.25, 0.3) is 0 Å². The molecule has 3 aromatic rings. The maximum Gasteiger partial charge on any atom is 0.229 e. The zero-order chi connectivity index (χ0) is 25.6. The molecule has 0 amide bonds. The van der Waals surface area contributed by atoms with Gasteiger partial charge in [0.1, 0.15) is 11.5 Å². The zero-order valence-corrected chi connectivity index (χ0v) is 22.0. The smallest absolute Gasteiger partial charge is 0.229 e. The Labute approximate surface area is 218 Å². The van der Waals surface area contributed by atoms with E-state index in [0.29, 0.717) is 23.4 Å². The van der Waals surface area contributed by atoms with Crippen LogP contribution in [0.5, 0.6) is 0 Å². The number of hydrogen-bond acceptors (Lipinski definition) is 6. The second kappa shape index (κ2) is 9.60. The molecule has 0 bridgehead atoms. The summed E-state index contributed by atoms with van der Waals surface area (Å²) in [6, 6.07) is 8.21. The van der Waals surface area contributed by atoms with Crippen molar-refractivity contribution in [2.45, 2.75) is 70.6 Å². The SMILES string of the molecule is CCN1CCC(c2ccc(Nc3ncc(F)c(-c4cc(C)c5c(c4)C4(CCCC4)C(C)=N5)n3)nc2)CC1. The van der Waals surface area contributed by atoms with E-state index in [2.05, 4.69) is 58.1 Å². The van der Waals surface area contributed by atoms with Gasteiger partial charge >= 0.3 is 0 Å². The first-order chi connectivity index (χ1) is 18.0. The lowest BCUT2D eigenvalue weighted by atomic mass is 9.75. The monoisotopic (exact) mass is 498 g/mol. The highest BCUT2D eigenvalue weighted by Gasteiger charge is 2.44. The molecule has 0 radical (unpaired) electrons. The summed E-state index contributed by atoms with van der Waals surface area (Å²) in [5.41, 5.74) is 6.89. The first-order valence-corrected chi connectivity index (χ1v) is 13.7. The first kappa shape index (κ1) is 24.2. The van der Waals surface area contributed by atoms with Gasteiger partial charge in [-0.3, -0.25) is 4.99 Å². The highest BCUT2D eigenvalue weighted by molar-refractivity contribution is 6.01. The van der Waals surface area contributed by atoms with Gasteiger partial charge < -0.3 is 10.2 Å². The molecule has 1 saturated carbocycles. The Morgan fingerprint density at radius 1 is 1.05 bits per heavy atom. The van der Waals surface area contributed by atoms with E-state index in [1.807, 2.05) is 18.3 Å². The minimum Gasteiger partial charge on any atom is -0.309 e. The van der Waals surface area contributed by atoms with E-state index in [1.165, 1.54) is 48.7 Å². The van der Waals surface area contributed by atoms with E-state index in [1.54, 1.807) is 0 Å². The van der Waals surface area contributed by atoms with Crippen molar-refractivity contribution in [2.75, 3.05) is 25.0 Å². The molecule has 2 aromatic heterocycles. The van der Waals surface area contributed by atoms with Crippen LogP contribution < -0.4 is 5.32 Å². The van der Waals surface area contributed by atoms with Gasteiger partial charge in [-0.05, 0) is 100.0 Å². The summed E-state index contributed by atoms with van der Waals surface area (Å²) < 4.78 is 15.0. The van der Waals surface area contributed by atoms with E-state index in [0.717, 1.165) is 49.3 Å². The second-order valence-electron chi connectivity index (χ2n) is 10.9. The lowest BCUT2D eigenvalue weighted by molar-refractivity contribution is 0.222. The summed E-state index contributed by atoms with van der Waals surface area (Å²) in [5, 5.41) is 3.18. The third-order valence-corrected chi connectivity index (χ3v) is 8.80. The predicted octanol–water partition coefficient (Wildman–Crippen LogP) is 6.85. The number of aromatic nitrogens is 3. The van der Waals surface area contributed by atoms with Crippen molar-refractivity contribution in [1.29, 1.82) is 0 Å². The summed E-state index contributed by atoms with van der Waals surface area (Å²) in [4.78, 5) is 20.8. The van der Waals surface area contributed by atoms with Crippen LogP contribution in [0.1, 0.15) is 75.0 Å². The molecule has 7 heteroatoms. The molecule has 1 N–H and O–H groups in total. The van der Waals surface area contributed by atoms with Gasteiger partial charge in [-0.25, -0.2) is 19.3 Å². The van der Waals surface area contributed by atoms with Crippen molar-refractivity contribution >= 4 is 23.2 Å². The molecule has 1 spiro atoms. The second-order valence-corrected chi connectivity index (χ2v) is 10.9. The molecule has 0 atom stereocenters. The van der Waals surface area contributed by atoms with Gasteiger partial charge in [-0.15, -0.1) is 0 Å². The van der Waals surface area contributed by atoms with Gasteiger partial charge in [0.15, 0.2) is 5.82 Å². The van der Waals surface area contributed by atoms with Crippen LogP contribution in [0.25, 0.3) is 11.3 Å². The Hall–Kier alpha value is -3.19. The number of likely N-dealkylation sites (tertiary alicyclic amines) is 1. The molecule has 6 nitrogen and oxygen atoms in total. The summed E-state index contributed by atoms with van der Waals surface area (Å²) >= 11 is 0. The minimum atomic E-state index is -0.428. The van der Waals surface area contributed by atoms with Crippen molar-refractivity contribution < 1.29 is 4.39 Å². The third kappa shape index (κ3) is 4.33. The number of aliphatic imine (C=N–C) groups is 1. The number of nitrogens with one attached hydrogen (secondary N) is 1. The van der Waals surface area contributed by atoms with E-state index in [-0.39, 0.29) is 5.41 Å². The largest absolute Gasteiger partial charge is 0.309 e. The predicted molar refractivity (Wildman–Crippen MR) is 147 cm³/mol. The van der Waals surface area contributed by atoms with Crippen LogP contribution in [0.3, 0.4) is 0 Å². The molecule has 37 heavy (non-hydrogen) atoms. The highest BCUT2D eigenvalue weighted by atomic mass is 19.1. The van der Waals surface area contributed by atoms with Crippen LogP contribution in [0.4, 0.5) is 21.8 Å². The van der Waals surface area contributed by atoms with Crippen molar-refractivity contribution in [1.82, 2.24) is 19.9 Å². The topological polar surface area (TPSA) is 66.3 Å². The number of benzene rings is 1. The van der Waals surface area contributed by atoms with Crippen LogP contribution in [-0.4, -0.2) is 45.2 Å². The molecule has 1 aromatic carbocycles. The van der Waals surface area contributed by atoms with E-state index < -0.39 is 5.82 Å². The van der Waals surface area contributed by atoms with Gasteiger partial charge in [-0.2, -0.15) is 0 Å². The third-order valence-electron chi connectivity index (χ3n) is 8.80.